The van der Waals surface area contributed by atoms with Gasteiger partial charge in [0, 0.05) is 26.7 Å². The Balaban J connectivity index is 1.82. The maximum atomic E-state index is 13.5. The van der Waals surface area contributed by atoms with Crippen molar-refractivity contribution in [1.82, 2.24) is 8.61 Å². The third-order valence-corrected chi connectivity index (χ3v) is 6.72. The van der Waals surface area contributed by atoms with Gasteiger partial charge in [0.25, 0.3) is 10.2 Å². The number of halogens is 1. The highest BCUT2D eigenvalue weighted by Crippen LogP contribution is 2.30. The molecule has 1 atom stereocenters. The molecule has 2 aliphatic heterocycles. The zero-order valence-corrected chi connectivity index (χ0v) is 14.5. The van der Waals surface area contributed by atoms with Crippen LogP contribution < -0.4 is 0 Å². The molecule has 3 rings (SSSR count). The monoisotopic (exact) mass is 358 g/mol. The number of morpholine rings is 1. The number of hydrogen-bond acceptors (Lipinski definition) is 4. The first-order valence-electron chi connectivity index (χ1n) is 8.15. The first-order valence-corrected chi connectivity index (χ1v) is 9.55. The number of ether oxygens (including phenoxy) is 2. The van der Waals surface area contributed by atoms with Crippen LogP contribution in [0, 0.1) is 5.82 Å². The summed E-state index contributed by atoms with van der Waals surface area (Å²) in [5.74, 6) is -0.378. The van der Waals surface area contributed by atoms with Crippen LogP contribution >= 0.6 is 0 Å². The van der Waals surface area contributed by atoms with E-state index >= 15 is 0 Å². The van der Waals surface area contributed by atoms with Gasteiger partial charge in [0.15, 0.2) is 0 Å². The fourth-order valence-electron chi connectivity index (χ4n) is 3.29. The summed E-state index contributed by atoms with van der Waals surface area (Å²) >= 11 is 0. The van der Waals surface area contributed by atoms with Gasteiger partial charge >= 0.3 is 0 Å². The topological polar surface area (TPSA) is 59.1 Å². The number of piperidine rings is 1. The molecule has 1 unspecified atom stereocenters. The number of hydrogen-bond donors (Lipinski definition) is 0. The van der Waals surface area contributed by atoms with Crippen molar-refractivity contribution in [3.63, 3.8) is 0 Å². The van der Waals surface area contributed by atoms with Crippen LogP contribution in [0.15, 0.2) is 24.3 Å². The minimum atomic E-state index is -3.62. The summed E-state index contributed by atoms with van der Waals surface area (Å²) in [5.41, 5.74) is 0.616. The Hall–Kier alpha value is -1.06. The van der Waals surface area contributed by atoms with Crippen molar-refractivity contribution in [1.29, 1.82) is 0 Å². The fraction of sp³-hybridized carbons (Fsp3) is 0.625. The van der Waals surface area contributed by atoms with E-state index in [2.05, 4.69) is 0 Å². The molecule has 24 heavy (non-hydrogen) atoms. The van der Waals surface area contributed by atoms with Gasteiger partial charge in [-0.15, -0.1) is 0 Å². The van der Waals surface area contributed by atoms with E-state index in [0.29, 0.717) is 38.1 Å². The molecule has 0 saturated carbocycles. The maximum absolute atomic E-state index is 13.5. The van der Waals surface area contributed by atoms with Crippen LogP contribution in [0.3, 0.4) is 0 Å². The molecule has 1 aromatic rings. The summed E-state index contributed by atoms with van der Waals surface area (Å²) in [5, 5.41) is 0. The Morgan fingerprint density at radius 3 is 2.67 bits per heavy atom. The van der Waals surface area contributed by atoms with E-state index in [1.165, 1.54) is 20.7 Å². The van der Waals surface area contributed by atoms with Crippen molar-refractivity contribution >= 4 is 10.2 Å². The maximum Gasteiger partial charge on any atom is 0.282 e. The van der Waals surface area contributed by atoms with Gasteiger partial charge in [-0.05, 0) is 30.5 Å². The van der Waals surface area contributed by atoms with Gasteiger partial charge in [0.2, 0.25) is 0 Å². The number of rotatable bonds is 4. The summed E-state index contributed by atoms with van der Waals surface area (Å²) in [4.78, 5) is 0. The smallest absolute Gasteiger partial charge is 0.282 e. The highest BCUT2D eigenvalue weighted by atomic mass is 32.2. The first kappa shape index (κ1) is 17.8. The molecule has 134 valence electrons. The molecule has 0 aromatic heterocycles. The van der Waals surface area contributed by atoms with Gasteiger partial charge < -0.3 is 9.47 Å². The molecule has 0 radical (unpaired) electrons. The Labute approximate surface area is 142 Å². The molecule has 2 aliphatic rings. The van der Waals surface area contributed by atoms with Crippen LogP contribution in [0.1, 0.15) is 24.4 Å². The molecule has 1 aromatic carbocycles. The Kier molecular flexibility index (Phi) is 5.51. The molecule has 6 nitrogen and oxygen atoms in total. The minimum Gasteiger partial charge on any atom is -0.381 e. The minimum absolute atomic E-state index is 0.111. The highest BCUT2D eigenvalue weighted by Gasteiger charge is 2.39. The normalized spacial score (nSPS) is 25.0. The second kappa shape index (κ2) is 7.45. The quantitative estimate of drug-likeness (QED) is 0.820. The molecule has 2 saturated heterocycles. The molecular formula is C16H23FN2O4S. The van der Waals surface area contributed by atoms with Gasteiger partial charge in [0.05, 0.1) is 25.4 Å². The highest BCUT2D eigenvalue weighted by molar-refractivity contribution is 7.86. The predicted octanol–water partition coefficient (Wildman–Crippen LogP) is 1.55. The van der Waals surface area contributed by atoms with Gasteiger partial charge in [-0.3, -0.25) is 0 Å². The molecule has 0 N–H and O–H groups in total. The van der Waals surface area contributed by atoms with E-state index < -0.39 is 16.3 Å². The van der Waals surface area contributed by atoms with Crippen molar-refractivity contribution in [3.8, 4) is 0 Å². The lowest BCUT2D eigenvalue weighted by Gasteiger charge is -2.40. The molecule has 0 amide bonds. The molecule has 2 fully saturated rings. The lowest BCUT2D eigenvalue weighted by atomic mass is 10.1. The van der Waals surface area contributed by atoms with Crippen molar-refractivity contribution in [3.05, 3.63) is 35.6 Å². The second-order valence-corrected chi connectivity index (χ2v) is 7.98. The Morgan fingerprint density at radius 1 is 1.25 bits per heavy atom. The molecule has 8 heteroatoms. The van der Waals surface area contributed by atoms with Crippen molar-refractivity contribution in [2.75, 3.05) is 40.0 Å². The number of methoxy groups -OCH3 is 1. The summed E-state index contributed by atoms with van der Waals surface area (Å²) in [6.45, 7) is 1.73. The third kappa shape index (κ3) is 3.62. The fourth-order valence-corrected chi connectivity index (χ4v) is 5.07. The number of nitrogens with zero attached hydrogens (tertiary/aromatic N) is 2. The predicted molar refractivity (Wildman–Crippen MR) is 87.2 cm³/mol. The lowest BCUT2D eigenvalue weighted by Crippen LogP contribution is -2.52. The average Bonchev–Trinajstić information content (AvgIpc) is 2.62. The summed E-state index contributed by atoms with van der Waals surface area (Å²) in [6.07, 6.45) is 1.48. The van der Waals surface area contributed by atoms with Gasteiger partial charge in [-0.1, -0.05) is 12.1 Å². The number of benzene rings is 1. The van der Waals surface area contributed by atoms with E-state index in [1.54, 1.807) is 19.2 Å². The van der Waals surface area contributed by atoms with Crippen LogP contribution in [0.2, 0.25) is 0 Å². The first-order chi connectivity index (χ1) is 11.5. The molecule has 0 spiro atoms. The standard InChI is InChI=1S/C16H23FN2O4S/c1-22-15-5-7-18(8-6-15)24(20,21)19-9-10-23-12-16(19)13-3-2-4-14(17)11-13/h2-4,11,15-16H,5-10,12H2,1H3. The zero-order valence-electron chi connectivity index (χ0n) is 13.7. The summed E-state index contributed by atoms with van der Waals surface area (Å²) in [6, 6.07) is 5.55. The Bertz CT molecular complexity index is 662. The summed E-state index contributed by atoms with van der Waals surface area (Å²) in [7, 11) is -1.97. The van der Waals surface area contributed by atoms with Crippen LogP contribution in [0.5, 0.6) is 0 Å². The SMILES string of the molecule is COC1CCN(S(=O)(=O)N2CCOCC2c2cccc(F)c2)CC1. The van der Waals surface area contributed by atoms with Gasteiger partial charge in [-0.2, -0.15) is 17.0 Å². The summed E-state index contributed by atoms with van der Waals surface area (Å²) < 4.78 is 53.4. The van der Waals surface area contributed by atoms with E-state index in [4.69, 9.17) is 9.47 Å². The van der Waals surface area contributed by atoms with Crippen molar-refractivity contribution < 1.29 is 22.3 Å². The van der Waals surface area contributed by atoms with Gasteiger partial charge in [0.1, 0.15) is 5.82 Å². The van der Waals surface area contributed by atoms with Crippen LogP contribution in [-0.2, 0) is 19.7 Å². The van der Waals surface area contributed by atoms with E-state index in [-0.39, 0.29) is 25.1 Å². The zero-order chi connectivity index (χ0) is 17.2. The molecular weight excluding hydrogens is 335 g/mol. The Morgan fingerprint density at radius 2 is 2.00 bits per heavy atom. The molecule has 2 heterocycles. The third-order valence-electron chi connectivity index (χ3n) is 4.67. The van der Waals surface area contributed by atoms with E-state index in [9.17, 15) is 12.8 Å². The lowest BCUT2D eigenvalue weighted by molar-refractivity contribution is 0.0250. The largest absolute Gasteiger partial charge is 0.381 e. The van der Waals surface area contributed by atoms with E-state index in [1.807, 2.05) is 0 Å². The van der Waals surface area contributed by atoms with Crippen molar-refractivity contribution in [2.24, 2.45) is 0 Å². The second-order valence-electron chi connectivity index (χ2n) is 6.10. The van der Waals surface area contributed by atoms with Crippen LogP contribution in [0.4, 0.5) is 4.39 Å². The average molecular weight is 358 g/mol. The molecule has 0 aliphatic carbocycles. The van der Waals surface area contributed by atoms with Crippen molar-refractivity contribution in [2.45, 2.75) is 25.0 Å². The van der Waals surface area contributed by atoms with E-state index in [0.717, 1.165) is 0 Å². The molecule has 0 bridgehead atoms. The van der Waals surface area contributed by atoms with Gasteiger partial charge in [-0.25, -0.2) is 4.39 Å². The van der Waals surface area contributed by atoms with Crippen LogP contribution in [0.25, 0.3) is 0 Å². The van der Waals surface area contributed by atoms with Crippen LogP contribution in [-0.4, -0.2) is 63.1 Å².